The number of hydrogen-bond acceptors (Lipinski definition) is 2. The molecule has 8 aromatic carbocycles. The van der Waals surface area contributed by atoms with Crippen LogP contribution in [0.3, 0.4) is 0 Å². The van der Waals surface area contributed by atoms with Gasteiger partial charge in [-0.15, -0.1) is 29.7 Å². The Morgan fingerprint density at radius 1 is 0.475 bits per heavy atom. The summed E-state index contributed by atoms with van der Waals surface area (Å²) < 4.78 is 57.1. The molecule has 6 heteroatoms. The van der Waals surface area contributed by atoms with E-state index in [4.69, 9.17) is 16.6 Å². The van der Waals surface area contributed by atoms with Crippen molar-refractivity contribution in [2.24, 2.45) is 0 Å². The number of imidazole rings is 1. The molecule has 0 saturated carbocycles. The Labute approximate surface area is 496 Å². The molecule has 408 valence electrons. The maximum Gasteiger partial charge on any atom is 0.268 e. The molecule has 3 heterocycles. The summed E-state index contributed by atoms with van der Waals surface area (Å²) in [6.07, 6.45) is 5.73. The first kappa shape index (κ1) is 49.7. The first-order valence-corrected chi connectivity index (χ1v) is 27.5. The smallest absolute Gasteiger partial charge is 0.268 e. The third kappa shape index (κ3) is 10.9. The van der Waals surface area contributed by atoms with Crippen LogP contribution in [0, 0.1) is 18.5 Å². The fraction of sp³-hybridized carbons (Fsp3) is 0.270. The monoisotopic (exact) mass is 1230 g/mol. The molecule has 0 saturated heterocycles. The van der Waals surface area contributed by atoms with Crippen molar-refractivity contribution in [1.29, 1.82) is 0 Å². The van der Waals surface area contributed by atoms with Crippen LogP contribution in [0.1, 0.15) is 139 Å². The normalized spacial score (nSPS) is 13.5. The number of nitrogens with zero attached hydrogens (tertiary/aromatic N) is 4. The average molecular weight is 1240 g/mol. The number of benzene rings is 8. The van der Waals surface area contributed by atoms with Crippen LogP contribution in [0.2, 0.25) is 0 Å². The zero-order valence-corrected chi connectivity index (χ0v) is 51.1. The minimum atomic E-state index is -0.445. The van der Waals surface area contributed by atoms with Crippen molar-refractivity contribution in [3.05, 3.63) is 222 Å². The van der Waals surface area contributed by atoms with E-state index in [2.05, 4.69) is 222 Å². The van der Waals surface area contributed by atoms with Crippen LogP contribution in [0.15, 0.2) is 176 Å². The van der Waals surface area contributed by atoms with Crippen molar-refractivity contribution in [1.82, 2.24) is 14.1 Å². The minimum absolute atomic E-state index is 0. The molecule has 0 fully saturated rings. The van der Waals surface area contributed by atoms with Crippen LogP contribution in [0.4, 0.5) is 0 Å². The second-order valence-electron chi connectivity index (χ2n) is 26.4. The molecule has 0 unspecified atom stereocenters. The summed E-state index contributed by atoms with van der Waals surface area (Å²) in [5.74, 6) is 1.72. The van der Waals surface area contributed by atoms with Crippen molar-refractivity contribution in [2.75, 3.05) is 0 Å². The Bertz CT molecular complexity index is 4250. The Kier molecular flexibility index (Phi) is 12.8. The Morgan fingerprint density at radius 3 is 1.62 bits per heavy atom. The molecular weight excluding hydrogens is 1160 g/mol. The number of ether oxygens (including phenoxy) is 1. The van der Waals surface area contributed by atoms with Gasteiger partial charge in [-0.25, -0.2) is 4.98 Å². The quantitative estimate of drug-likeness (QED) is 0.112. The zero-order valence-electron chi connectivity index (χ0n) is 53.9. The van der Waals surface area contributed by atoms with E-state index in [1.807, 2.05) is 59.3 Å². The summed E-state index contributed by atoms with van der Waals surface area (Å²) in [5.41, 5.74) is 14.8. The standard InChI is InChI=1S/C74H74N4O.Pt/c1-70(2,3)52-35-36-75-68(44-52)78-64-30-20-19-27-62(64)63-33-32-59(46-66(63)78)79-58-26-21-25-57(45-58)76-47-77(65-34-31-49(41-67(65)76)48-23-17-16-18-24-48)69-60(50-37-53(71(4,5)6)42-54(38-50)72(7,8)9)28-22-29-61(69)51-39-55(73(10,11)12)43-56(40-51)74(13,14)15;/h16-44H,1-15H3;/q-2;/i16D,17D,18D,23D,24D;. The van der Waals surface area contributed by atoms with E-state index in [1.165, 1.54) is 27.8 Å². The predicted molar refractivity (Wildman–Crippen MR) is 330 cm³/mol. The topological polar surface area (TPSA) is 35.9 Å². The number of fused-ring (bicyclic) bond motifs is 4. The molecule has 11 aromatic rings. The van der Waals surface area contributed by atoms with Gasteiger partial charge in [-0.05, 0) is 124 Å². The molecule has 0 bridgehead atoms. The number of rotatable bonds is 8. The third-order valence-electron chi connectivity index (χ3n) is 15.3. The van der Waals surface area contributed by atoms with E-state index in [9.17, 15) is 0 Å². The van der Waals surface area contributed by atoms with Crippen LogP contribution >= 0.6 is 0 Å². The molecule has 5 nitrogen and oxygen atoms in total. The van der Waals surface area contributed by atoms with E-state index in [-0.39, 0.29) is 65.8 Å². The average Bonchev–Trinajstić information content (AvgIpc) is 1.74. The second kappa shape index (κ2) is 20.6. The van der Waals surface area contributed by atoms with Crippen LogP contribution in [-0.2, 0) is 48.1 Å². The molecule has 0 radical (unpaired) electrons. The molecule has 0 aliphatic heterocycles. The molecule has 0 aliphatic rings. The number of pyridine rings is 1. The second-order valence-corrected chi connectivity index (χ2v) is 26.4. The molecule has 80 heavy (non-hydrogen) atoms. The molecule has 0 atom stereocenters. The fourth-order valence-electron chi connectivity index (χ4n) is 10.5. The molecule has 0 N–H and O–H groups in total. The van der Waals surface area contributed by atoms with Gasteiger partial charge < -0.3 is 13.9 Å². The summed E-state index contributed by atoms with van der Waals surface area (Å²) in [4.78, 5) is 4.89. The minimum Gasteiger partial charge on any atom is -0.510 e. The number of aromatic nitrogens is 4. The fourth-order valence-corrected chi connectivity index (χ4v) is 10.5. The van der Waals surface area contributed by atoms with Gasteiger partial charge in [-0.3, -0.25) is 4.57 Å². The molecule has 3 aromatic heterocycles. The first-order valence-electron chi connectivity index (χ1n) is 30.0. The van der Waals surface area contributed by atoms with Gasteiger partial charge >= 0.3 is 0 Å². The largest absolute Gasteiger partial charge is 0.510 e. The molecule has 0 amide bonds. The van der Waals surface area contributed by atoms with Crippen molar-refractivity contribution >= 4 is 32.8 Å². The van der Waals surface area contributed by atoms with Crippen LogP contribution in [-0.4, -0.2) is 14.1 Å². The number of hydrogen-bond donors (Lipinski definition) is 0. The van der Waals surface area contributed by atoms with Crippen LogP contribution in [0.25, 0.3) is 83.4 Å². The van der Waals surface area contributed by atoms with Gasteiger partial charge in [0.1, 0.15) is 5.82 Å². The molecule has 11 rings (SSSR count). The van der Waals surface area contributed by atoms with Gasteiger partial charge in [0.05, 0.1) is 23.6 Å². The Hall–Kier alpha value is -7.33. The van der Waals surface area contributed by atoms with Crippen molar-refractivity contribution in [3.8, 4) is 62.1 Å². The summed E-state index contributed by atoms with van der Waals surface area (Å²) in [6.45, 7) is 33.8. The van der Waals surface area contributed by atoms with E-state index in [0.717, 1.165) is 61.1 Å². The molecular formula is C74H74N4OPt-2. The van der Waals surface area contributed by atoms with Crippen molar-refractivity contribution in [2.45, 2.75) is 131 Å². The zero-order chi connectivity index (χ0) is 60.3. The van der Waals surface area contributed by atoms with Gasteiger partial charge in [0.2, 0.25) is 0 Å². The van der Waals surface area contributed by atoms with Gasteiger partial charge in [0.25, 0.3) is 6.33 Å². The van der Waals surface area contributed by atoms with E-state index in [1.54, 1.807) is 0 Å². The van der Waals surface area contributed by atoms with E-state index in [0.29, 0.717) is 28.3 Å². The predicted octanol–water partition coefficient (Wildman–Crippen LogP) is 19.1. The summed E-state index contributed by atoms with van der Waals surface area (Å²) >= 11 is 0. The molecule has 0 aliphatic carbocycles. The summed E-state index contributed by atoms with van der Waals surface area (Å²) in [7, 11) is 0. The van der Waals surface area contributed by atoms with Crippen LogP contribution < -0.4 is 9.30 Å². The summed E-state index contributed by atoms with van der Waals surface area (Å²) in [5, 5.41) is 2.10. The summed E-state index contributed by atoms with van der Waals surface area (Å²) in [6, 6.07) is 54.1. The van der Waals surface area contributed by atoms with E-state index >= 15 is 0 Å². The maximum absolute atomic E-state index is 9.12. The number of para-hydroxylation sites is 2. The van der Waals surface area contributed by atoms with Gasteiger partial charge in [0, 0.05) is 44.3 Å². The Morgan fingerprint density at radius 2 is 1.04 bits per heavy atom. The van der Waals surface area contributed by atoms with Crippen molar-refractivity contribution in [3.63, 3.8) is 0 Å². The van der Waals surface area contributed by atoms with Crippen LogP contribution in [0.5, 0.6) is 11.5 Å². The van der Waals surface area contributed by atoms with Gasteiger partial charge in [0.15, 0.2) is 0 Å². The Balaban J connectivity index is 0.00000803. The third-order valence-corrected chi connectivity index (χ3v) is 15.3. The van der Waals surface area contributed by atoms with Gasteiger partial charge in [-0.2, -0.15) is 18.2 Å². The first-order chi connectivity index (χ1) is 39.4. The maximum atomic E-state index is 9.12. The SMILES string of the molecule is [2H]c1c([2H])c([2H])c(-c2ccc3c(c2)n(-c2[c-]c(Oc4[c-]c5c(cc4)c4ccccc4n5-c4cc(C(C)(C)C)ccn4)ccc2)[c-][n+]3-c2c(-c3cc(C(C)(C)C)cc(C(C)(C)C)c3)cccc2-c2cc(C(C)(C)C)cc(C(C)(C)C)c2)c([2H])c1[2H].[Pt]. The molecule has 0 spiro atoms. The van der Waals surface area contributed by atoms with E-state index < -0.39 is 18.1 Å². The van der Waals surface area contributed by atoms with Gasteiger partial charge in [-0.1, -0.05) is 225 Å². The van der Waals surface area contributed by atoms with Crippen molar-refractivity contribution < 1.29 is 37.2 Å².